The van der Waals surface area contributed by atoms with Crippen LogP contribution < -0.4 is 70.0 Å². The fraction of sp³-hybridized carbons (Fsp3) is 0. The molecule has 0 aliphatic rings. The minimum atomic E-state index is -5.37. The minimum Gasteiger partial charge on any atom is -0.870 e. The third-order valence-electron chi connectivity index (χ3n) is 5.49. The first-order chi connectivity index (χ1) is 19.6. The number of nitrogens with two attached hydrogens (primary N) is 1. The Balaban J connectivity index is 0.00000337. The van der Waals surface area contributed by atoms with Crippen molar-refractivity contribution < 1.29 is 100 Å². The number of fused-ring (bicyclic) bond motifs is 1. The van der Waals surface area contributed by atoms with Crippen LogP contribution in [0.2, 0.25) is 0 Å². The van der Waals surface area contributed by atoms with Crippen molar-refractivity contribution in [3.63, 3.8) is 0 Å². The van der Waals surface area contributed by atoms with Crippen molar-refractivity contribution in [3.8, 4) is 5.75 Å². The number of nitrogen functional groups attached to an aromatic ring is 1. The van der Waals surface area contributed by atoms with Gasteiger partial charge in [0.1, 0.15) is 20.7 Å². The number of rotatable bonds is 8. The second kappa shape index (κ2) is 14.1. The molecule has 3 N–H and O–H groups in total. The zero-order valence-electron chi connectivity index (χ0n) is 22.4. The summed E-state index contributed by atoms with van der Waals surface area (Å²) in [6.07, 6.45) is 0. The van der Waals surface area contributed by atoms with E-state index in [1.54, 1.807) is 0 Å². The van der Waals surface area contributed by atoms with Gasteiger partial charge >= 0.3 is 59.1 Å². The van der Waals surface area contributed by atoms with Gasteiger partial charge in [0.25, 0.3) is 21.5 Å². The molecule has 0 heterocycles. The number of nitro benzene ring substituents is 2. The maximum atomic E-state index is 13.4. The van der Waals surface area contributed by atoms with E-state index in [1.807, 2.05) is 0 Å². The summed E-state index contributed by atoms with van der Waals surface area (Å²) in [6, 6.07) is 10.1. The summed E-state index contributed by atoms with van der Waals surface area (Å²) >= 11 is 0. The van der Waals surface area contributed by atoms with E-state index in [1.165, 1.54) is 0 Å². The van der Waals surface area contributed by atoms with Gasteiger partial charge in [-0.15, -0.1) is 10.2 Å². The quantitative estimate of drug-likeness (QED) is 0.0533. The molecule has 0 unspecified atom stereocenters. The number of hydrogen-bond donors (Lipinski definition) is 2. The van der Waals surface area contributed by atoms with Gasteiger partial charge in [0.05, 0.1) is 37.5 Å². The molecule has 44 heavy (non-hydrogen) atoms. The van der Waals surface area contributed by atoms with E-state index in [9.17, 15) is 51.3 Å². The summed E-state index contributed by atoms with van der Waals surface area (Å²) in [5, 5.41) is 48.7. The van der Waals surface area contributed by atoms with Crippen molar-refractivity contribution in [1.29, 1.82) is 0 Å². The van der Waals surface area contributed by atoms with E-state index in [2.05, 4.69) is 20.5 Å². The first-order valence-corrected chi connectivity index (χ1v) is 13.8. The van der Waals surface area contributed by atoms with Crippen LogP contribution in [0.1, 0.15) is 0 Å². The van der Waals surface area contributed by atoms with Crippen LogP contribution in [0.4, 0.5) is 39.8 Å². The first kappa shape index (κ1) is 36.8. The normalized spacial score (nSPS) is 11.8. The summed E-state index contributed by atoms with van der Waals surface area (Å²) in [5.74, 6) is -1.27. The number of non-ortho nitro benzene ring substituents is 2. The predicted molar refractivity (Wildman–Crippen MR) is 140 cm³/mol. The molecule has 0 saturated carbocycles. The second-order valence-electron chi connectivity index (χ2n) is 8.16. The van der Waals surface area contributed by atoms with Crippen LogP contribution in [0, 0.1) is 20.2 Å². The Kier molecular flexibility index (Phi) is 11.8. The van der Waals surface area contributed by atoms with Gasteiger partial charge < -0.3 is 15.4 Å². The Morgan fingerprint density at radius 2 is 1.11 bits per heavy atom. The van der Waals surface area contributed by atoms with Crippen molar-refractivity contribution in [2.75, 3.05) is 5.73 Å². The van der Waals surface area contributed by atoms with Gasteiger partial charge in [-0.25, -0.2) is 8.42 Å². The Morgan fingerprint density at radius 1 is 0.705 bits per heavy atom. The molecule has 22 heteroatoms. The van der Waals surface area contributed by atoms with Gasteiger partial charge in [0.15, 0.2) is 0 Å². The molecule has 0 aliphatic carbocycles. The number of anilines is 1. The molecule has 0 bridgehead atoms. The summed E-state index contributed by atoms with van der Waals surface area (Å²) in [7, 11) is -10.6. The van der Waals surface area contributed by atoms with E-state index in [-0.39, 0.29) is 81.9 Å². The molecule has 0 spiro atoms. The van der Waals surface area contributed by atoms with E-state index < -0.39 is 73.5 Å². The molecule has 4 aromatic carbocycles. The molecule has 0 amide bonds. The van der Waals surface area contributed by atoms with E-state index >= 15 is 0 Å². The van der Waals surface area contributed by atoms with Crippen molar-refractivity contribution in [2.45, 2.75) is 9.79 Å². The summed E-state index contributed by atoms with van der Waals surface area (Å²) in [6.45, 7) is 0. The van der Waals surface area contributed by atoms with Crippen molar-refractivity contribution in [2.24, 2.45) is 20.5 Å². The van der Waals surface area contributed by atoms with Gasteiger partial charge in [-0.2, -0.15) is 18.6 Å². The summed E-state index contributed by atoms with van der Waals surface area (Å²) in [4.78, 5) is 18.1. The van der Waals surface area contributed by atoms with Crippen molar-refractivity contribution in [1.82, 2.24) is 0 Å². The molecule has 4 aromatic rings. The molecule has 216 valence electrons. The third-order valence-corrected chi connectivity index (χ3v) is 7.21. The predicted octanol–water partition coefficient (Wildman–Crippen LogP) is -1.70. The molecule has 0 aliphatic heterocycles. The van der Waals surface area contributed by atoms with Crippen LogP contribution in [0.5, 0.6) is 5.75 Å². The van der Waals surface area contributed by atoms with Gasteiger partial charge in [-0.05, 0) is 41.8 Å². The van der Waals surface area contributed by atoms with Crippen LogP contribution in [0.15, 0.2) is 90.9 Å². The number of nitrogens with zero attached hydrogens (tertiary/aromatic N) is 6. The molecule has 18 nitrogen and oxygen atoms in total. The van der Waals surface area contributed by atoms with Gasteiger partial charge in [0, 0.05) is 29.7 Å². The first-order valence-electron chi connectivity index (χ1n) is 10.9. The van der Waals surface area contributed by atoms with Gasteiger partial charge in [-0.3, -0.25) is 24.8 Å². The largest absolute Gasteiger partial charge is 1.00 e. The van der Waals surface area contributed by atoms with Crippen LogP contribution in [-0.4, -0.2) is 35.8 Å². The second-order valence-corrected chi connectivity index (χ2v) is 10.9. The molecule has 0 aromatic heterocycles. The molecular formula is C22H13N7Na2O11S2. The Hall–Kier alpha value is -3.44. The topological polar surface area (TPSA) is 296 Å². The summed E-state index contributed by atoms with van der Waals surface area (Å²) in [5.41, 5.74) is 2.86. The number of benzene rings is 4. The average Bonchev–Trinajstić information content (AvgIpc) is 2.90. The summed E-state index contributed by atoms with van der Waals surface area (Å²) < 4.78 is 70.0. The Morgan fingerprint density at radius 3 is 1.50 bits per heavy atom. The fourth-order valence-corrected chi connectivity index (χ4v) is 4.89. The molecule has 4 rings (SSSR count). The van der Waals surface area contributed by atoms with E-state index in [4.69, 9.17) is 5.73 Å². The average molecular weight is 661 g/mol. The zero-order valence-corrected chi connectivity index (χ0v) is 28.0. The van der Waals surface area contributed by atoms with E-state index in [0.717, 1.165) is 48.5 Å². The van der Waals surface area contributed by atoms with Gasteiger partial charge in [-0.1, -0.05) is 5.75 Å². The van der Waals surface area contributed by atoms with Crippen molar-refractivity contribution in [3.05, 3.63) is 80.9 Å². The standard InChI is InChI=1S/C22H15N7O11S2.2Na/c23-19-18-11(9-16(41(35,36)37)20(19)26-24-12-1-5-14(6-2-12)28(31)32)10-17(42(38,39)40)21(22(18)30)27-25-13-3-7-15(8-4-13)29(33)34;;/h1-10,30H,23H2,(H,35,36,37)(H,38,39,40);;/q;2*+1/p-2. The maximum absolute atomic E-state index is 13.4. The van der Waals surface area contributed by atoms with Crippen molar-refractivity contribution >= 4 is 70.8 Å². The molecular weight excluding hydrogens is 648 g/mol. The Labute approximate surface area is 291 Å². The number of azo groups is 2. The number of nitro groups is 2. The van der Waals surface area contributed by atoms with Crippen LogP contribution in [-0.2, 0) is 20.2 Å². The van der Waals surface area contributed by atoms with E-state index in [0.29, 0.717) is 12.1 Å². The van der Waals surface area contributed by atoms with Crippen LogP contribution >= 0.6 is 0 Å². The maximum Gasteiger partial charge on any atom is 1.00 e. The minimum absolute atomic E-state index is 0. The molecule has 0 radical (unpaired) electrons. The monoisotopic (exact) mass is 661 g/mol. The molecule has 0 atom stereocenters. The Bertz CT molecular complexity index is 1910. The SMILES string of the molecule is Nc1c(N=Nc2ccc([N+](=O)[O-])cc2)c(S(=O)(=O)[O-])cc2cc(S(=O)(=O)O)c(N=Nc3ccc([N+](=O)[O-])cc3)c([O-])c12.[Na+].[Na+]. The third kappa shape index (κ3) is 7.98. The van der Waals surface area contributed by atoms with Crippen LogP contribution in [0.25, 0.3) is 10.8 Å². The molecule has 0 fully saturated rings. The van der Waals surface area contributed by atoms with Gasteiger partial charge in [0.2, 0.25) is 0 Å². The van der Waals surface area contributed by atoms with Crippen LogP contribution in [0.3, 0.4) is 0 Å². The molecule has 0 saturated heterocycles. The number of hydrogen-bond acceptors (Lipinski definition) is 15. The smallest absolute Gasteiger partial charge is 0.870 e. The fourth-order valence-electron chi connectivity index (χ4n) is 3.58. The zero-order chi connectivity index (χ0) is 31.0.